The highest BCUT2D eigenvalue weighted by atomic mass is 35.5. The third-order valence-electron chi connectivity index (χ3n) is 2.05. The van der Waals surface area contributed by atoms with Gasteiger partial charge in [0.2, 0.25) is 0 Å². The van der Waals surface area contributed by atoms with E-state index in [1.807, 2.05) is 6.92 Å². The zero-order chi connectivity index (χ0) is 10.7. The number of benzene rings is 1. The van der Waals surface area contributed by atoms with Gasteiger partial charge in [-0.3, -0.25) is 0 Å². The highest BCUT2D eigenvalue weighted by Crippen LogP contribution is 2.31. The molecular weight excluding hydrogens is 202 g/mol. The van der Waals surface area contributed by atoms with Crippen LogP contribution in [0.3, 0.4) is 0 Å². The number of aliphatic hydroxyl groups is 1. The zero-order valence-corrected chi connectivity index (χ0v) is 9.01. The van der Waals surface area contributed by atoms with Crippen LogP contribution in [0.2, 0.25) is 5.02 Å². The number of halogens is 1. The summed E-state index contributed by atoms with van der Waals surface area (Å²) in [6.07, 6.45) is -0.734. The van der Waals surface area contributed by atoms with Crippen LogP contribution in [-0.2, 0) is 0 Å². The Hall–Kier alpha value is -0.770. The maximum atomic E-state index is 9.63. The van der Waals surface area contributed by atoms with E-state index in [1.165, 1.54) is 0 Å². The van der Waals surface area contributed by atoms with Gasteiger partial charge < -0.3 is 15.6 Å². The van der Waals surface area contributed by atoms with Crippen LogP contribution in [-0.4, -0.2) is 18.8 Å². The molecule has 0 aliphatic rings. The monoisotopic (exact) mass is 215 g/mol. The van der Waals surface area contributed by atoms with Crippen LogP contribution < -0.4 is 10.5 Å². The van der Waals surface area contributed by atoms with E-state index < -0.39 is 6.10 Å². The van der Waals surface area contributed by atoms with Gasteiger partial charge in [0.25, 0.3) is 0 Å². The number of ether oxygens (including phenoxy) is 1. The van der Waals surface area contributed by atoms with Crippen LogP contribution in [0.15, 0.2) is 12.1 Å². The van der Waals surface area contributed by atoms with Crippen molar-refractivity contribution in [1.82, 2.24) is 0 Å². The first-order valence-corrected chi connectivity index (χ1v) is 4.70. The molecular formula is C10H14ClNO2. The zero-order valence-electron chi connectivity index (χ0n) is 8.25. The molecule has 3 N–H and O–H groups in total. The predicted octanol–water partition coefficient (Wildman–Crippen LogP) is 1.65. The Morgan fingerprint density at radius 1 is 1.57 bits per heavy atom. The van der Waals surface area contributed by atoms with Gasteiger partial charge in [-0.25, -0.2) is 0 Å². The summed E-state index contributed by atoms with van der Waals surface area (Å²) in [5.41, 5.74) is 6.91. The maximum absolute atomic E-state index is 9.63. The molecule has 0 radical (unpaired) electrons. The number of nitrogens with two attached hydrogens (primary N) is 1. The topological polar surface area (TPSA) is 55.5 Å². The number of hydrogen-bond donors (Lipinski definition) is 2. The predicted molar refractivity (Wildman–Crippen MR) is 56.8 cm³/mol. The quantitative estimate of drug-likeness (QED) is 0.806. The largest absolute Gasteiger partial charge is 0.496 e. The van der Waals surface area contributed by atoms with Crippen molar-refractivity contribution in [3.05, 3.63) is 28.3 Å². The number of rotatable bonds is 3. The van der Waals surface area contributed by atoms with Crippen molar-refractivity contribution in [2.45, 2.75) is 13.0 Å². The molecule has 0 saturated heterocycles. The third-order valence-corrected chi connectivity index (χ3v) is 2.27. The summed E-state index contributed by atoms with van der Waals surface area (Å²) in [5, 5.41) is 10.2. The minimum Gasteiger partial charge on any atom is -0.496 e. The smallest absolute Gasteiger partial charge is 0.127 e. The summed E-state index contributed by atoms with van der Waals surface area (Å²) in [6.45, 7) is 2.02. The maximum Gasteiger partial charge on any atom is 0.127 e. The SMILES string of the molecule is COc1c(C)cc(Cl)cc1C(O)CN. The summed E-state index contributed by atoms with van der Waals surface area (Å²) < 4.78 is 5.18. The molecule has 0 bridgehead atoms. The second kappa shape index (κ2) is 4.64. The highest BCUT2D eigenvalue weighted by molar-refractivity contribution is 6.30. The van der Waals surface area contributed by atoms with Gasteiger partial charge in [-0.1, -0.05) is 11.6 Å². The second-order valence-electron chi connectivity index (χ2n) is 3.10. The van der Waals surface area contributed by atoms with E-state index in [0.717, 1.165) is 5.56 Å². The summed E-state index contributed by atoms with van der Waals surface area (Å²) in [6, 6.07) is 3.46. The Kier molecular flexibility index (Phi) is 3.75. The number of aryl methyl sites for hydroxylation is 1. The lowest BCUT2D eigenvalue weighted by molar-refractivity contribution is 0.182. The average Bonchev–Trinajstić information content (AvgIpc) is 2.15. The second-order valence-corrected chi connectivity index (χ2v) is 3.53. The molecule has 78 valence electrons. The molecule has 0 heterocycles. The van der Waals surface area contributed by atoms with E-state index in [0.29, 0.717) is 16.3 Å². The van der Waals surface area contributed by atoms with Crippen molar-refractivity contribution in [2.24, 2.45) is 5.73 Å². The molecule has 1 unspecified atom stereocenters. The molecule has 1 aromatic carbocycles. The van der Waals surface area contributed by atoms with E-state index in [-0.39, 0.29) is 6.54 Å². The van der Waals surface area contributed by atoms with Crippen LogP contribution >= 0.6 is 11.6 Å². The lowest BCUT2D eigenvalue weighted by Gasteiger charge is -2.15. The summed E-state index contributed by atoms with van der Waals surface area (Å²) in [4.78, 5) is 0. The van der Waals surface area contributed by atoms with Crippen LogP contribution in [0.25, 0.3) is 0 Å². The minimum absolute atomic E-state index is 0.149. The molecule has 1 aromatic rings. The van der Waals surface area contributed by atoms with Gasteiger partial charge in [-0.05, 0) is 24.6 Å². The minimum atomic E-state index is -0.734. The fourth-order valence-electron chi connectivity index (χ4n) is 1.41. The van der Waals surface area contributed by atoms with Crippen molar-refractivity contribution in [3.63, 3.8) is 0 Å². The fourth-order valence-corrected chi connectivity index (χ4v) is 1.69. The van der Waals surface area contributed by atoms with Crippen molar-refractivity contribution in [3.8, 4) is 5.75 Å². The van der Waals surface area contributed by atoms with E-state index >= 15 is 0 Å². The third kappa shape index (κ3) is 2.18. The normalized spacial score (nSPS) is 12.6. The fraction of sp³-hybridized carbons (Fsp3) is 0.400. The van der Waals surface area contributed by atoms with Crippen LogP contribution in [0.4, 0.5) is 0 Å². The Morgan fingerprint density at radius 3 is 2.71 bits per heavy atom. The Bertz CT molecular complexity index is 328. The number of methoxy groups -OCH3 is 1. The first-order valence-electron chi connectivity index (χ1n) is 4.32. The van der Waals surface area contributed by atoms with E-state index in [4.69, 9.17) is 22.1 Å². The van der Waals surface area contributed by atoms with Gasteiger partial charge in [0.15, 0.2) is 0 Å². The van der Waals surface area contributed by atoms with Crippen LogP contribution in [0, 0.1) is 6.92 Å². The van der Waals surface area contributed by atoms with Crippen LogP contribution in [0.5, 0.6) is 5.75 Å². The van der Waals surface area contributed by atoms with E-state index in [9.17, 15) is 5.11 Å². The molecule has 0 fully saturated rings. The molecule has 3 nitrogen and oxygen atoms in total. The van der Waals surface area contributed by atoms with E-state index in [2.05, 4.69) is 0 Å². The molecule has 14 heavy (non-hydrogen) atoms. The van der Waals surface area contributed by atoms with Gasteiger partial charge in [0, 0.05) is 17.1 Å². The molecule has 1 rings (SSSR count). The Morgan fingerprint density at radius 2 is 2.21 bits per heavy atom. The van der Waals surface area contributed by atoms with Crippen molar-refractivity contribution < 1.29 is 9.84 Å². The van der Waals surface area contributed by atoms with Gasteiger partial charge in [0.05, 0.1) is 13.2 Å². The molecule has 0 amide bonds. The van der Waals surface area contributed by atoms with Gasteiger partial charge in [-0.2, -0.15) is 0 Å². The van der Waals surface area contributed by atoms with Crippen molar-refractivity contribution >= 4 is 11.6 Å². The van der Waals surface area contributed by atoms with Gasteiger partial charge in [-0.15, -0.1) is 0 Å². The van der Waals surface area contributed by atoms with Gasteiger partial charge >= 0.3 is 0 Å². The standard InChI is InChI=1S/C10H14ClNO2/c1-6-3-7(11)4-8(9(13)5-12)10(6)14-2/h3-4,9,13H,5,12H2,1-2H3. The van der Waals surface area contributed by atoms with Gasteiger partial charge in [0.1, 0.15) is 5.75 Å². The lowest BCUT2D eigenvalue weighted by atomic mass is 10.0. The number of hydrogen-bond acceptors (Lipinski definition) is 3. The molecule has 0 aliphatic heterocycles. The summed E-state index contributed by atoms with van der Waals surface area (Å²) in [5.74, 6) is 0.646. The number of aliphatic hydroxyl groups excluding tert-OH is 1. The molecule has 0 spiro atoms. The molecule has 0 aliphatic carbocycles. The first-order chi connectivity index (χ1) is 6.60. The van der Waals surface area contributed by atoms with Crippen LogP contribution in [0.1, 0.15) is 17.2 Å². The molecule has 0 saturated carbocycles. The molecule has 1 atom stereocenters. The Labute approximate surface area is 88.4 Å². The van der Waals surface area contributed by atoms with E-state index in [1.54, 1.807) is 19.2 Å². The molecule has 0 aromatic heterocycles. The summed E-state index contributed by atoms with van der Waals surface area (Å²) in [7, 11) is 1.56. The average molecular weight is 216 g/mol. The lowest BCUT2D eigenvalue weighted by Crippen LogP contribution is -2.13. The first kappa shape index (κ1) is 11.3. The van der Waals surface area contributed by atoms with Crippen molar-refractivity contribution in [2.75, 3.05) is 13.7 Å². The van der Waals surface area contributed by atoms with Crippen molar-refractivity contribution in [1.29, 1.82) is 0 Å². The molecule has 4 heteroatoms. The highest BCUT2D eigenvalue weighted by Gasteiger charge is 2.14. The Balaban J connectivity index is 3.24. The summed E-state index contributed by atoms with van der Waals surface area (Å²) >= 11 is 5.87.